The van der Waals surface area contributed by atoms with Crippen molar-refractivity contribution in [2.75, 3.05) is 20.2 Å². The van der Waals surface area contributed by atoms with Crippen LogP contribution in [0.1, 0.15) is 25.3 Å². The molecule has 1 fully saturated rings. The van der Waals surface area contributed by atoms with Gasteiger partial charge in [0.1, 0.15) is 5.70 Å². The Kier molecular flexibility index (Phi) is 8.58. The quantitative estimate of drug-likeness (QED) is 0.665. The van der Waals surface area contributed by atoms with Gasteiger partial charge in [0.15, 0.2) is 0 Å². The number of rotatable bonds is 6. The van der Waals surface area contributed by atoms with Crippen molar-refractivity contribution in [2.45, 2.75) is 38.3 Å². The van der Waals surface area contributed by atoms with Gasteiger partial charge in [0.25, 0.3) is 5.91 Å². The van der Waals surface area contributed by atoms with E-state index >= 15 is 0 Å². The second-order valence-electron chi connectivity index (χ2n) is 6.65. The van der Waals surface area contributed by atoms with Crippen LogP contribution < -0.4 is 16.0 Å². The summed E-state index contributed by atoms with van der Waals surface area (Å²) in [7, 11) is 1.64. The molecule has 2 aliphatic heterocycles. The largest absolute Gasteiger partial charge is 0.376 e. The van der Waals surface area contributed by atoms with E-state index in [1.807, 2.05) is 31.2 Å². The van der Waals surface area contributed by atoms with Gasteiger partial charge in [0.05, 0.1) is 6.10 Å². The van der Waals surface area contributed by atoms with Crippen molar-refractivity contribution >= 4 is 12.3 Å². The zero-order valence-electron chi connectivity index (χ0n) is 16.0. The highest BCUT2D eigenvalue weighted by Gasteiger charge is 2.17. The molecule has 1 aromatic carbocycles. The number of benzene rings is 1. The number of carbonyl (C=O) groups is 2. The molecular weight excluding hydrogens is 342 g/mol. The molecule has 3 rings (SSSR count). The first kappa shape index (κ1) is 20.7. The summed E-state index contributed by atoms with van der Waals surface area (Å²) in [5.41, 5.74) is 3.02. The molecule has 0 spiro atoms. The molecule has 0 aromatic heterocycles. The molecule has 146 valence electrons. The number of likely N-dealkylation sites (N-methyl/N-ethyl adjacent to an activating group) is 1. The maximum absolute atomic E-state index is 11.6. The number of carbonyl (C=O) groups excluding carboxylic acids is 2. The molecular formula is C21H29N3O3. The summed E-state index contributed by atoms with van der Waals surface area (Å²) in [6.07, 6.45) is 8.11. The van der Waals surface area contributed by atoms with Crippen LogP contribution in [0.3, 0.4) is 0 Å². The summed E-state index contributed by atoms with van der Waals surface area (Å²) >= 11 is 0. The Bertz CT molecular complexity index is 665. The number of dihydropyridines is 1. The lowest BCUT2D eigenvalue weighted by Gasteiger charge is -2.22. The molecule has 2 amide bonds. The minimum atomic E-state index is -0.0690. The molecule has 6 heteroatoms. The van der Waals surface area contributed by atoms with Gasteiger partial charge in [0, 0.05) is 26.2 Å². The Morgan fingerprint density at radius 3 is 2.74 bits per heavy atom. The smallest absolute Gasteiger partial charge is 0.267 e. The fourth-order valence-corrected chi connectivity index (χ4v) is 3.10. The second kappa shape index (κ2) is 11.2. The van der Waals surface area contributed by atoms with E-state index < -0.39 is 0 Å². The van der Waals surface area contributed by atoms with Gasteiger partial charge in [-0.3, -0.25) is 9.59 Å². The van der Waals surface area contributed by atoms with Crippen molar-refractivity contribution in [1.29, 1.82) is 0 Å². The SMILES string of the molecule is CNC(=O)C1=CC(C)=CC(Cc2ccccc2)N1.O=CNCC1CCCO1. The van der Waals surface area contributed by atoms with E-state index in [0.717, 1.165) is 31.4 Å². The average Bonchev–Trinajstić information content (AvgIpc) is 3.20. The Hall–Kier alpha value is -2.60. The zero-order valence-corrected chi connectivity index (χ0v) is 16.0. The lowest BCUT2D eigenvalue weighted by molar-refractivity contribution is -0.117. The Morgan fingerprint density at radius 1 is 1.33 bits per heavy atom. The number of allylic oxidation sites excluding steroid dienone is 2. The first-order chi connectivity index (χ1) is 13.1. The van der Waals surface area contributed by atoms with E-state index in [4.69, 9.17) is 4.74 Å². The molecule has 0 bridgehead atoms. The van der Waals surface area contributed by atoms with Gasteiger partial charge in [-0.05, 0) is 37.8 Å². The Balaban J connectivity index is 0.000000244. The topological polar surface area (TPSA) is 79.5 Å². The molecule has 0 radical (unpaired) electrons. The highest BCUT2D eigenvalue weighted by Crippen LogP contribution is 2.14. The van der Waals surface area contributed by atoms with Gasteiger partial charge in [-0.2, -0.15) is 0 Å². The van der Waals surface area contributed by atoms with E-state index in [0.29, 0.717) is 18.7 Å². The van der Waals surface area contributed by atoms with Gasteiger partial charge in [-0.1, -0.05) is 42.0 Å². The molecule has 2 heterocycles. The monoisotopic (exact) mass is 371 g/mol. The average molecular weight is 371 g/mol. The van der Waals surface area contributed by atoms with Crippen molar-refractivity contribution in [1.82, 2.24) is 16.0 Å². The molecule has 2 unspecified atom stereocenters. The molecule has 2 atom stereocenters. The summed E-state index contributed by atoms with van der Waals surface area (Å²) in [5.74, 6) is -0.0690. The number of ether oxygens (including phenoxy) is 1. The summed E-state index contributed by atoms with van der Waals surface area (Å²) in [6, 6.07) is 10.4. The molecule has 6 nitrogen and oxygen atoms in total. The third-order valence-electron chi connectivity index (χ3n) is 4.40. The summed E-state index contributed by atoms with van der Waals surface area (Å²) < 4.78 is 5.23. The maximum atomic E-state index is 11.6. The molecule has 27 heavy (non-hydrogen) atoms. The lowest BCUT2D eigenvalue weighted by Crippen LogP contribution is -2.38. The molecule has 3 N–H and O–H groups in total. The van der Waals surface area contributed by atoms with Crippen molar-refractivity contribution in [3.8, 4) is 0 Å². The third kappa shape index (κ3) is 7.27. The minimum absolute atomic E-state index is 0.0690. The Labute approximate surface area is 161 Å². The molecule has 2 aliphatic rings. The zero-order chi connectivity index (χ0) is 19.5. The summed E-state index contributed by atoms with van der Waals surface area (Å²) in [6.45, 7) is 3.54. The standard InChI is InChI=1S/C15H18N2O.C6H11NO2/c1-11-8-13(10-12-6-4-3-5-7-12)17-14(9-11)15(18)16-2;8-5-7-4-6-2-1-3-9-6/h3-9,13,17H,10H2,1-2H3,(H,16,18);5-6H,1-4H2,(H,7,8). The fourth-order valence-electron chi connectivity index (χ4n) is 3.10. The van der Waals surface area contributed by atoms with Crippen molar-refractivity contribution in [2.24, 2.45) is 0 Å². The van der Waals surface area contributed by atoms with Gasteiger partial charge in [-0.15, -0.1) is 0 Å². The van der Waals surface area contributed by atoms with Gasteiger partial charge < -0.3 is 20.7 Å². The van der Waals surface area contributed by atoms with Crippen molar-refractivity contribution in [3.05, 3.63) is 59.3 Å². The van der Waals surface area contributed by atoms with Crippen LogP contribution in [-0.2, 0) is 20.7 Å². The third-order valence-corrected chi connectivity index (χ3v) is 4.40. The molecule has 1 aromatic rings. The number of nitrogens with one attached hydrogen (secondary N) is 3. The molecule has 1 saturated heterocycles. The summed E-state index contributed by atoms with van der Waals surface area (Å²) in [4.78, 5) is 21.4. The van der Waals surface area contributed by atoms with E-state index in [-0.39, 0.29) is 18.1 Å². The van der Waals surface area contributed by atoms with Crippen LogP contribution in [0.4, 0.5) is 0 Å². The van der Waals surface area contributed by atoms with Crippen LogP contribution >= 0.6 is 0 Å². The highest BCUT2D eigenvalue weighted by atomic mass is 16.5. The number of amides is 2. The van der Waals surface area contributed by atoms with E-state index in [2.05, 4.69) is 34.2 Å². The van der Waals surface area contributed by atoms with Crippen LogP contribution in [0.25, 0.3) is 0 Å². The van der Waals surface area contributed by atoms with Crippen LogP contribution in [-0.4, -0.2) is 44.7 Å². The maximum Gasteiger partial charge on any atom is 0.267 e. The van der Waals surface area contributed by atoms with Crippen molar-refractivity contribution in [3.63, 3.8) is 0 Å². The predicted octanol–water partition coefficient (Wildman–Crippen LogP) is 1.69. The van der Waals surface area contributed by atoms with Crippen LogP contribution in [0, 0.1) is 0 Å². The van der Waals surface area contributed by atoms with E-state index in [1.54, 1.807) is 7.05 Å². The van der Waals surface area contributed by atoms with E-state index in [1.165, 1.54) is 5.56 Å². The van der Waals surface area contributed by atoms with Gasteiger partial charge >= 0.3 is 0 Å². The first-order valence-electron chi connectivity index (χ1n) is 9.33. The second-order valence-corrected chi connectivity index (χ2v) is 6.65. The number of hydrogen-bond acceptors (Lipinski definition) is 4. The Morgan fingerprint density at radius 2 is 2.11 bits per heavy atom. The lowest BCUT2D eigenvalue weighted by atomic mass is 10.00. The molecule has 0 saturated carbocycles. The van der Waals surface area contributed by atoms with Gasteiger partial charge in [0.2, 0.25) is 6.41 Å². The van der Waals surface area contributed by atoms with Crippen LogP contribution in [0.5, 0.6) is 0 Å². The fraction of sp³-hybridized carbons (Fsp3) is 0.429. The highest BCUT2D eigenvalue weighted by molar-refractivity contribution is 5.93. The van der Waals surface area contributed by atoms with Crippen LogP contribution in [0.15, 0.2) is 53.8 Å². The van der Waals surface area contributed by atoms with Gasteiger partial charge in [-0.25, -0.2) is 0 Å². The van der Waals surface area contributed by atoms with E-state index in [9.17, 15) is 9.59 Å². The van der Waals surface area contributed by atoms with Crippen molar-refractivity contribution < 1.29 is 14.3 Å². The first-order valence-corrected chi connectivity index (χ1v) is 9.33. The molecule has 0 aliphatic carbocycles. The number of hydrogen-bond donors (Lipinski definition) is 3. The normalized spacial score (nSPS) is 21.0. The minimum Gasteiger partial charge on any atom is -0.376 e. The predicted molar refractivity (Wildman–Crippen MR) is 106 cm³/mol. The van der Waals surface area contributed by atoms with Crippen LogP contribution in [0.2, 0.25) is 0 Å². The summed E-state index contributed by atoms with van der Waals surface area (Å²) in [5, 5.41) is 8.48.